The molecule has 1 saturated heterocycles. The first-order valence-corrected chi connectivity index (χ1v) is 8.98. The fourth-order valence-electron chi connectivity index (χ4n) is 3.98. The number of rotatable bonds is 4. The second kappa shape index (κ2) is 6.61. The number of carbonyl (C=O) groups is 3. The van der Waals surface area contributed by atoms with Crippen LogP contribution in [0, 0.1) is 5.92 Å². The molecule has 1 saturated carbocycles. The van der Waals surface area contributed by atoms with Crippen LogP contribution in [0.15, 0.2) is 28.7 Å². The first-order valence-electron chi connectivity index (χ1n) is 8.98. The molecular weight excluding hydrogens is 350 g/mol. The van der Waals surface area contributed by atoms with Crippen molar-refractivity contribution in [2.75, 3.05) is 7.11 Å². The third-order valence-electron chi connectivity index (χ3n) is 5.47. The van der Waals surface area contributed by atoms with Crippen molar-refractivity contribution in [3.05, 3.63) is 30.0 Å². The number of para-hydroxylation sites is 1. The second-order valence-electron chi connectivity index (χ2n) is 7.04. The quantitative estimate of drug-likeness (QED) is 0.710. The van der Waals surface area contributed by atoms with Gasteiger partial charge in [0.05, 0.1) is 19.0 Å². The monoisotopic (exact) mass is 371 g/mol. The summed E-state index contributed by atoms with van der Waals surface area (Å²) in [5.41, 5.74) is -0.142. The predicted octanol–water partition coefficient (Wildman–Crippen LogP) is 1.83. The molecule has 142 valence electrons. The Hall–Kier alpha value is -3.03. The van der Waals surface area contributed by atoms with Crippen LogP contribution in [0.1, 0.15) is 31.4 Å². The summed E-state index contributed by atoms with van der Waals surface area (Å²) < 4.78 is 11.2. The van der Waals surface area contributed by atoms with E-state index in [2.05, 4.69) is 16.0 Å². The van der Waals surface area contributed by atoms with E-state index in [0.717, 1.165) is 5.39 Å². The standard InChI is InChI=1S/C19H21N3O5/c1-26-15-12-4-2-3-5-13(12)27-14(15)10-20-16(23)11-6-8-19(9-7-11)17(24)21-18(25)22-19/h2-5,11H,6-10H2,1H3,(H,20,23)(H2,21,22,24,25). The molecular formula is C19H21N3O5. The van der Waals surface area contributed by atoms with E-state index in [1.165, 1.54) is 0 Å². The minimum absolute atomic E-state index is 0.0860. The SMILES string of the molecule is COc1c(CNC(=O)C2CCC3(CC2)NC(=O)NC3=O)oc2ccccc12. The lowest BCUT2D eigenvalue weighted by Crippen LogP contribution is -2.50. The summed E-state index contributed by atoms with van der Waals surface area (Å²) >= 11 is 0. The summed E-state index contributed by atoms with van der Waals surface area (Å²) in [5.74, 6) is 0.618. The maximum absolute atomic E-state index is 12.6. The van der Waals surface area contributed by atoms with Crippen LogP contribution in [-0.4, -0.2) is 30.5 Å². The fraction of sp³-hybridized carbons (Fsp3) is 0.421. The molecule has 2 fully saturated rings. The topological polar surface area (TPSA) is 110 Å². The highest BCUT2D eigenvalue weighted by molar-refractivity contribution is 6.07. The summed E-state index contributed by atoms with van der Waals surface area (Å²) in [6.07, 6.45) is 1.99. The number of amides is 4. The lowest BCUT2D eigenvalue weighted by Gasteiger charge is -2.33. The minimum atomic E-state index is -0.851. The van der Waals surface area contributed by atoms with Crippen LogP contribution in [0.25, 0.3) is 11.0 Å². The molecule has 3 N–H and O–H groups in total. The molecule has 8 heteroatoms. The predicted molar refractivity (Wildman–Crippen MR) is 96.0 cm³/mol. The van der Waals surface area contributed by atoms with Gasteiger partial charge in [0, 0.05) is 5.92 Å². The molecule has 8 nitrogen and oxygen atoms in total. The summed E-state index contributed by atoms with van der Waals surface area (Å²) in [7, 11) is 1.57. The number of hydrogen-bond acceptors (Lipinski definition) is 5. The van der Waals surface area contributed by atoms with E-state index in [0.29, 0.717) is 42.8 Å². The van der Waals surface area contributed by atoms with Crippen molar-refractivity contribution in [3.8, 4) is 5.75 Å². The molecule has 2 heterocycles. The van der Waals surface area contributed by atoms with Crippen molar-refractivity contribution in [1.82, 2.24) is 16.0 Å². The summed E-state index contributed by atoms with van der Waals surface area (Å²) in [6.45, 7) is 0.232. The van der Waals surface area contributed by atoms with E-state index in [1.807, 2.05) is 24.3 Å². The molecule has 1 aliphatic carbocycles. The summed E-state index contributed by atoms with van der Waals surface area (Å²) in [5, 5.41) is 8.75. The van der Waals surface area contributed by atoms with Crippen molar-refractivity contribution in [2.45, 2.75) is 37.8 Å². The van der Waals surface area contributed by atoms with Crippen molar-refractivity contribution in [1.29, 1.82) is 0 Å². The van der Waals surface area contributed by atoms with Crippen LogP contribution in [-0.2, 0) is 16.1 Å². The van der Waals surface area contributed by atoms with Crippen LogP contribution in [0.4, 0.5) is 4.79 Å². The molecule has 0 radical (unpaired) electrons. The molecule has 0 unspecified atom stereocenters. The molecule has 27 heavy (non-hydrogen) atoms. The third-order valence-corrected chi connectivity index (χ3v) is 5.47. The van der Waals surface area contributed by atoms with Gasteiger partial charge in [-0.25, -0.2) is 4.79 Å². The summed E-state index contributed by atoms with van der Waals surface area (Å²) in [6, 6.07) is 7.08. The van der Waals surface area contributed by atoms with Gasteiger partial charge in [0.1, 0.15) is 11.1 Å². The van der Waals surface area contributed by atoms with Gasteiger partial charge in [-0.2, -0.15) is 0 Å². The Morgan fingerprint density at radius 1 is 1.30 bits per heavy atom. The van der Waals surface area contributed by atoms with Crippen LogP contribution >= 0.6 is 0 Å². The Bertz CT molecular complexity index is 911. The molecule has 0 bridgehead atoms. The molecule has 1 aromatic carbocycles. The fourth-order valence-corrected chi connectivity index (χ4v) is 3.98. The molecule has 2 aliphatic rings. The van der Waals surface area contributed by atoms with E-state index in [9.17, 15) is 14.4 Å². The molecule has 1 aliphatic heterocycles. The van der Waals surface area contributed by atoms with Gasteiger partial charge >= 0.3 is 6.03 Å². The van der Waals surface area contributed by atoms with E-state index < -0.39 is 11.6 Å². The van der Waals surface area contributed by atoms with Crippen LogP contribution in [0.3, 0.4) is 0 Å². The Kier molecular flexibility index (Phi) is 4.25. The average Bonchev–Trinajstić information content (AvgIpc) is 3.16. The molecule has 4 amide bonds. The number of urea groups is 1. The van der Waals surface area contributed by atoms with E-state index in [4.69, 9.17) is 9.15 Å². The number of hydrogen-bond donors (Lipinski definition) is 3. The number of furan rings is 1. The van der Waals surface area contributed by atoms with Crippen molar-refractivity contribution in [3.63, 3.8) is 0 Å². The smallest absolute Gasteiger partial charge is 0.322 e. The van der Waals surface area contributed by atoms with Gasteiger partial charge in [0.15, 0.2) is 11.5 Å². The Morgan fingerprint density at radius 3 is 2.70 bits per heavy atom. The molecule has 0 atom stereocenters. The third kappa shape index (κ3) is 3.01. The van der Waals surface area contributed by atoms with Gasteiger partial charge in [-0.3, -0.25) is 14.9 Å². The minimum Gasteiger partial charge on any atom is -0.492 e. The first-order chi connectivity index (χ1) is 13.0. The number of carbonyl (C=O) groups excluding carboxylic acids is 3. The number of imide groups is 1. The van der Waals surface area contributed by atoms with E-state index >= 15 is 0 Å². The maximum atomic E-state index is 12.6. The number of fused-ring (bicyclic) bond motifs is 1. The van der Waals surface area contributed by atoms with Crippen LogP contribution < -0.4 is 20.7 Å². The first kappa shape index (κ1) is 17.4. The number of ether oxygens (including phenoxy) is 1. The van der Waals surface area contributed by atoms with Gasteiger partial charge in [-0.15, -0.1) is 0 Å². The highest BCUT2D eigenvalue weighted by Gasteiger charge is 2.48. The number of benzene rings is 1. The average molecular weight is 371 g/mol. The van der Waals surface area contributed by atoms with E-state index in [1.54, 1.807) is 7.11 Å². The Morgan fingerprint density at radius 2 is 2.04 bits per heavy atom. The van der Waals surface area contributed by atoms with Crippen molar-refractivity contribution >= 4 is 28.8 Å². The second-order valence-corrected chi connectivity index (χ2v) is 7.04. The molecule has 2 aromatic rings. The molecule has 4 rings (SSSR count). The number of methoxy groups -OCH3 is 1. The lowest BCUT2D eigenvalue weighted by atomic mass is 9.76. The van der Waals surface area contributed by atoms with Gasteiger partial charge in [-0.05, 0) is 37.8 Å². The maximum Gasteiger partial charge on any atom is 0.322 e. The van der Waals surface area contributed by atoms with Crippen LogP contribution in [0.5, 0.6) is 5.75 Å². The normalized spacial score (nSPS) is 24.7. The van der Waals surface area contributed by atoms with Crippen molar-refractivity contribution in [2.24, 2.45) is 5.92 Å². The zero-order valence-corrected chi connectivity index (χ0v) is 15.0. The van der Waals surface area contributed by atoms with E-state index in [-0.39, 0.29) is 24.3 Å². The largest absolute Gasteiger partial charge is 0.492 e. The Labute approximate surface area is 155 Å². The van der Waals surface area contributed by atoms with Gasteiger partial charge in [-0.1, -0.05) is 12.1 Å². The zero-order valence-electron chi connectivity index (χ0n) is 15.0. The molecule has 1 aromatic heterocycles. The van der Waals surface area contributed by atoms with Crippen LogP contribution in [0.2, 0.25) is 0 Å². The number of nitrogens with one attached hydrogen (secondary N) is 3. The lowest BCUT2D eigenvalue weighted by molar-refractivity contribution is -0.130. The highest BCUT2D eigenvalue weighted by atomic mass is 16.5. The van der Waals surface area contributed by atoms with Gasteiger partial charge in [0.2, 0.25) is 5.91 Å². The summed E-state index contributed by atoms with van der Waals surface area (Å²) in [4.78, 5) is 35.9. The molecule has 1 spiro atoms. The van der Waals surface area contributed by atoms with Gasteiger partial charge in [0.25, 0.3) is 5.91 Å². The zero-order chi connectivity index (χ0) is 19.0. The Balaban J connectivity index is 1.38. The highest BCUT2D eigenvalue weighted by Crippen LogP contribution is 2.35. The van der Waals surface area contributed by atoms with Gasteiger partial charge < -0.3 is 19.8 Å². The van der Waals surface area contributed by atoms with Crippen molar-refractivity contribution < 1.29 is 23.5 Å².